The second-order valence-electron chi connectivity index (χ2n) is 3.54. The fourth-order valence-electron chi connectivity index (χ4n) is 1.67. The molecule has 1 fully saturated rings. The van der Waals surface area contributed by atoms with Crippen molar-refractivity contribution < 1.29 is 9.18 Å². The normalized spacial score (nSPS) is 21.1. The number of hydrogen-bond donors (Lipinski definition) is 0. The van der Waals surface area contributed by atoms with Crippen molar-refractivity contribution in [1.82, 2.24) is 4.98 Å². The first kappa shape index (κ1) is 10.4. The Bertz CT molecular complexity index is 385. The second kappa shape index (κ2) is 4.14. The van der Waals surface area contributed by atoms with Gasteiger partial charge in [0.25, 0.3) is 0 Å². The highest BCUT2D eigenvalue weighted by atomic mass is 35.5. The van der Waals surface area contributed by atoms with Gasteiger partial charge in [0, 0.05) is 25.0 Å². The summed E-state index contributed by atoms with van der Waals surface area (Å²) >= 11 is 5.67. The van der Waals surface area contributed by atoms with Crippen LogP contribution in [0.4, 0.5) is 10.2 Å². The lowest BCUT2D eigenvalue weighted by Gasteiger charge is -2.15. The van der Waals surface area contributed by atoms with Crippen molar-refractivity contribution in [1.29, 1.82) is 0 Å². The summed E-state index contributed by atoms with van der Waals surface area (Å²) in [6.45, 7) is 0.455. The van der Waals surface area contributed by atoms with E-state index in [0.717, 1.165) is 0 Å². The Morgan fingerprint density at radius 2 is 2.47 bits per heavy atom. The van der Waals surface area contributed by atoms with Crippen LogP contribution >= 0.6 is 11.6 Å². The number of pyridine rings is 1. The summed E-state index contributed by atoms with van der Waals surface area (Å²) in [5.74, 6) is 0.0338. The van der Waals surface area contributed by atoms with Gasteiger partial charge in [0.15, 0.2) is 11.6 Å². The third-order valence-electron chi connectivity index (χ3n) is 2.42. The standard InChI is InChI=1S/C10H10ClFN2O/c11-5-7-4-9(15)14(6-7)10-8(12)2-1-3-13-10/h1-3,7H,4-6H2. The molecule has 0 aromatic carbocycles. The summed E-state index contributed by atoms with van der Waals surface area (Å²) in [5.41, 5.74) is 0. The van der Waals surface area contributed by atoms with E-state index in [1.165, 1.54) is 23.2 Å². The summed E-state index contributed by atoms with van der Waals surface area (Å²) in [5, 5.41) is 0. The van der Waals surface area contributed by atoms with Crippen LogP contribution in [-0.2, 0) is 4.79 Å². The molecule has 0 saturated carbocycles. The Morgan fingerprint density at radius 3 is 3.07 bits per heavy atom. The first-order valence-electron chi connectivity index (χ1n) is 4.69. The highest BCUT2D eigenvalue weighted by molar-refractivity contribution is 6.18. The monoisotopic (exact) mass is 228 g/mol. The van der Waals surface area contributed by atoms with Crippen molar-refractivity contribution in [3.8, 4) is 0 Å². The first-order chi connectivity index (χ1) is 7.22. The van der Waals surface area contributed by atoms with Crippen LogP contribution in [-0.4, -0.2) is 23.3 Å². The molecule has 2 heterocycles. The Labute approximate surface area is 91.9 Å². The molecule has 0 spiro atoms. The van der Waals surface area contributed by atoms with Crippen LogP contribution in [0.1, 0.15) is 6.42 Å². The molecule has 1 aromatic rings. The van der Waals surface area contributed by atoms with E-state index in [9.17, 15) is 9.18 Å². The highest BCUT2D eigenvalue weighted by Crippen LogP contribution is 2.25. The SMILES string of the molecule is O=C1CC(CCl)CN1c1ncccc1F. The molecule has 1 atom stereocenters. The van der Waals surface area contributed by atoms with Crippen LogP contribution in [0.2, 0.25) is 0 Å². The van der Waals surface area contributed by atoms with Gasteiger partial charge in [0.2, 0.25) is 5.91 Å². The third kappa shape index (κ3) is 1.95. The molecule has 2 rings (SSSR count). The van der Waals surface area contributed by atoms with Crippen LogP contribution in [0.25, 0.3) is 0 Å². The number of alkyl halides is 1. The smallest absolute Gasteiger partial charge is 0.228 e. The van der Waals surface area contributed by atoms with E-state index in [-0.39, 0.29) is 17.6 Å². The highest BCUT2D eigenvalue weighted by Gasteiger charge is 2.32. The maximum atomic E-state index is 13.4. The molecule has 0 radical (unpaired) electrons. The summed E-state index contributed by atoms with van der Waals surface area (Å²) in [4.78, 5) is 16.8. The lowest BCUT2D eigenvalue weighted by molar-refractivity contribution is -0.117. The number of aromatic nitrogens is 1. The minimum Gasteiger partial charge on any atom is -0.294 e. The molecule has 1 amide bonds. The number of anilines is 1. The molecule has 0 bridgehead atoms. The summed E-state index contributed by atoms with van der Waals surface area (Å²) < 4.78 is 13.4. The van der Waals surface area contributed by atoms with E-state index in [1.54, 1.807) is 0 Å². The summed E-state index contributed by atoms with van der Waals surface area (Å²) in [7, 11) is 0. The minimum absolute atomic E-state index is 0.0978. The average molecular weight is 229 g/mol. The van der Waals surface area contributed by atoms with Gasteiger partial charge in [-0.15, -0.1) is 11.6 Å². The van der Waals surface area contributed by atoms with Crippen LogP contribution in [0, 0.1) is 11.7 Å². The molecule has 0 aliphatic carbocycles. The molecular weight excluding hydrogens is 219 g/mol. The Kier molecular flexibility index (Phi) is 2.86. The van der Waals surface area contributed by atoms with Crippen molar-refractivity contribution in [2.24, 2.45) is 5.92 Å². The third-order valence-corrected chi connectivity index (χ3v) is 2.85. The van der Waals surface area contributed by atoms with Crippen LogP contribution < -0.4 is 4.90 Å². The van der Waals surface area contributed by atoms with Crippen molar-refractivity contribution in [2.45, 2.75) is 6.42 Å². The summed E-state index contributed by atoms with van der Waals surface area (Å²) in [6.07, 6.45) is 1.85. The van der Waals surface area contributed by atoms with Gasteiger partial charge in [-0.25, -0.2) is 9.37 Å². The largest absolute Gasteiger partial charge is 0.294 e. The quantitative estimate of drug-likeness (QED) is 0.724. The van der Waals surface area contributed by atoms with Crippen LogP contribution in [0.3, 0.4) is 0 Å². The number of carbonyl (C=O) groups excluding carboxylic acids is 1. The molecule has 15 heavy (non-hydrogen) atoms. The van der Waals surface area contributed by atoms with Gasteiger partial charge in [0.05, 0.1) is 0 Å². The number of nitrogens with zero attached hydrogens (tertiary/aromatic N) is 2. The lowest BCUT2D eigenvalue weighted by atomic mass is 10.1. The molecule has 1 aliphatic rings. The van der Waals surface area contributed by atoms with E-state index in [0.29, 0.717) is 18.8 Å². The molecule has 80 valence electrons. The van der Waals surface area contributed by atoms with E-state index in [4.69, 9.17) is 11.6 Å². The molecule has 1 saturated heterocycles. The maximum absolute atomic E-state index is 13.4. The number of hydrogen-bond acceptors (Lipinski definition) is 2. The van der Waals surface area contributed by atoms with E-state index < -0.39 is 5.82 Å². The number of halogens is 2. The van der Waals surface area contributed by atoms with Gasteiger partial charge in [0.1, 0.15) is 0 Å². The molecule has 5 heteroatoms. The Balaban J connectivity index is 2.25. The molecule has 1 aromatic heterocycles. The van der Waals surface area contributed by atoms with Gasteiger partial charge in [-0.2, -0.15) is 0 Å². The van der Waals surface area contributed by atoms with Gasteiger partial charge in [-0.05, 0) is 18.1 Å². The predicted molar refractivity (Wildman–Crippen MR) is 55.4 cm³/mol. The fraction of sp³-hybridized carbons (Fsp3) is 0.400. The van der Waals surface area contributed by atoms with Gasteiger partial charge in [-0.3, -0.25) is 9.69 Å². The first-order valence-corrected chi connectivity index (χ1v) is 5.22. The average Bonchev–Trinajstić information content (AvgIpc) is 2.60. The molecular formula is C10H10ClFN2O. The Hall–Kier alpha value is -1.16. The number of rotatable bonds is 2. The molecule has 1 unspecified atom stereocenters. The molecule has 1 aliphatic heterocycles. The zero-order valence-electron chi connectivity index (χ0n) is 7.99. The zero-order chi connectivity index (χ0) is 10.8. The van der Waals surface area contributed by atoms with E-state index in [1.807, 2.05) is 0 Å². The molecule has 0 N–H and O–H groups in total. The Morgan fingerprint density at radius 1 is 1.67 bits per heavy atom. The second-order valence-corrected chi connectivity index (χ2v) is 3.85. The summed E-state index contributed by atoms with van der Waals surface area (Å²) in [6, 6.07) is 2.79. The number of carbonyl (C=O) groups is 1. The van der Waals surface area contributed by atoms with Crippen LogP contribution in [0.15, 0.2) is 18.3 Å². The van der Waals surface area contributed by atoms with Crippen molar-refractivity contribution in [3.63, 3.8) is 0 Å². The minimum atomic E-state index is -0.471. The maximum Gasteiger partial charge on any atom is 0.228 e. The predicted octanol–water partition coefficient (Wildman–Crippen LogP) is 1.81. The molecule has 3 nitrogen and oxygen atoms in total. The fourth-order valence-corrected chi connectivity index (χ4v) is 1.87. The number of amides is 1. The van der Waals surface area contributed by atoms with Gasteiger partial charge >= 0.3 is 0 Å². The van der Waals surface area contributed by atoms with Crippen molar-refractivity contribution in [2.75, 3.05) is 17.3 Å². The van der Waals surface area contributed by atoms with Crippen LogP contribution in [0.5, 0.6) is 0 Å². The van der Waals surface area contributed by atoms with E-state index in [2.05, 4.69) is 4.98 Å². The van der Waals surface area contributed by atoms with Gasteiger partial charge in [-0.1, -0.05) is 0 Å². The van der Waals surface area contributed by atoms with Crippen molar-refractivity contribution in [3.05, 3.63) is 24.1 Å². The topological polar surface area (TPSA) is 33.2 Å². The lowest BCUT2D eigenvalue weighted by Crippen LogP contribution is -2.26. The van der Waals surface area contributed by atoms with E-state index >= 15 is 0 Å². The zero-order valence-corrected chi connectivity index (χ0v) is 8.75. The van der Waals surface area contributed by atoms with Gasteiger partial charge < -0.3 is 0 Å². The van der Waals surface area contributed by atoms with Crippen molar-refractivity contribution >= 4 is 23.3 Å².